The molecule has 0 fully saturated rings. The normalized spacial score (nSPS) is 14.6. The molecule has 0 saturated heterocycles. The van der Waals surface area contributed by atoms with Crippen LogP contribution in [0.2, 0.25) is 0 Å². The smallest absolute Gasteiger partial charge is 0.343 e. The van der Waals surface area contributed by atoms with E-state index in [-0.39, 0.29) is 0 Å². The number of hydrogen-bond donors (Lipinski definition) is 0. The van der Waals surface area contributed by atoms with Crippen LogP contribution in [-0.4, -0.2) is 34.4 Å². The quantitative estimate of drug-likeness (QED) is 0.572. The highest BCUT2D eigenvalue weighted by molar-refractivity contribution is 6.05. The summed E-state index contributed by atoms with van der Waals surface area (Å²) < 4.78 is 26.5. The minimum atomic E-state index is -0.433. The van der Waals surface area contributed by atoms with Crippen molar-refractivity contribution < 1.29 is 28.5 Å². The number of carbonyl (C=O) groups excluding carboxylic acids is 1. The molecule has 27 heavy (non-hydrogen) atoms. The summed E-state index contributed by atoms with van der Waals surface area (Å²) in [6, 6.07) is 10.7. The van der Waals surface area contributed by atoms with Crippen molar-refractivity contribution >= 4 is 17.8 Å². The molecular formula is C21H20O6. The Morgan fingerprint density at radius 3 is 2.22 bits per heavy atom. The largest absolute Gasteiger partial charge is 0.497 e. The number of carbonyl (C=O) groups is 1. The van der Waals surface area contributed by atoms with Crippen LogP contribution in [0.1, 0.15) is 11.1 Å². The summed E-state index contributed by atoms with van der Waals surface area (Å²) in [5, 5.41) is 0. The number of benzene rings is 2. The van der Waals surface area contributed by atoms with Crippen molar-refractivity contribution in [1.82, 2.24) is 0 Å². The summed E-state index contributed by atoms with van der Waals surface area (Å²) >= 11 is 0. The summed E-state index contributed by atoms with van der Waals surface area (Å²) in [4.78, 5) is 12.3. The van der Waals surface area contributed by atoms with Crippen LogP contribution in [0.15, 0.2) is 48.0 Å². The first-order valence-electron chi connectivity index (χ1n) is 8.19. The fourth-order valence-corrected chi connectivity index (χ4v) is 2.75. The minimum absolute atomic E-state index is 0.422. The van der Waals surface area contributed by atoms with Gasteiger partial charge in [0.15, 0.2) is 11.5 Å². The van der Waals surface area contributed by atoms with Gasteiger partial charge in [0, 0.05) is 6.07 Å². The van der Waals surface area contributed by atoms with Gasteiger partial charge in [-0.25, -0.2) is 4.79 Å². The van der Waals surface area contributed by atoms with E-state index in [2.05, 4.69) is 0 Å². The van der Waals surface area contributed by atoms with E-state index in [1.807, 2.05) is 6.07 Å². The Kier molecular flexibility index (Phi) is 5.35. The molecule has 0 atom stereocenters. The van der Waals surface area contributed by atoms with Crippen LogP contribution in [-0.2, 0) is 9.53 Å². The zero-order valence-electron chi connectivity index (χ0n) is 15.6. The highest BCUT2D eigenvalue weighted by Gasteiger charge is 2.24. The molecule has 0 amide bonds. The molecule has 140 valence electrons. The summed E-state index contributed by atoms with van der Waals surface area (Å²) in [5.41, 5.74) is 1.89. The number of esters is 1. The lowest BCUT2D eigenvalue weighted by Gasteiger charge is -2.10. The number of ether oxygens (including phenoxy) is 5. The fraction of sp³-hybridized carbons (Fsp3) is 0.190. The number of hydrogen-bond acceptors (Lipinski definition) is 6. The van der Waals surface area contributed by atoms with Crippen LogP contribution in [0, 0.1) is 0 Å². The maximum absolute atomic E-state index is 12.3. The third-order valence-electron chi connectivity index (χ3n) is 4.13. The predicted octanol–water partition coefficient (Wildman–Crippen LogP) is 3.70. The molecule has 2 aromatic carbocycles. The molecule has 6 heteroatoms. The van der Waals surface area contributed by atoms with Crippen LogP contribution in [0.5, 0.6) is 23.0 Å². The highest BCUT2D eigenvalue weighted by atomic mass is 16.5. The van der Waals surface area contributed by atoms with Crippen molar-refractivity contribution in [2.75, 3.05) is 28.4 Å². The van der Waals surface area contributed by atoms with E-state index in [1.165, 1.54) is 0 Å². The van der Waals surface area contributed by atoms with Gasteiger partial charge in [-0.05, 0) is 42.0 Å². The molecule has 0 saturated carbocycles. The van der Waals surface area contributed by atoms with Gasteiger partial charge in [0.2, 0.25) is 0 Å². The molecule has 2 aromatic rings. The van der Waals surface area contributed by atoms with Crippen molar-refractivity contribution in [3.05, 3.63) is 59.2 Å². The van der Waals surface area contributed by atoms with Gasteiger partial charge in [-0.2, -0.15) is 0 Å². The lowest BCUT2D eigenvalue weighted by atomic mass is 10.1. The molecule has 0 spiro atoms. The van der Waals surface area contributed by atoms with Crippen LogP contribution in [0.3, 0.4) is 0 Å². The van der Waals surface area contributed by atoms with E-state index in [9.17, 15) is 4.79 Å². The Morgan fingerprint density at radius 2 is 1.56 bits per heavy atom. The van der Waals surface area contributed by atoms with Crippen molar-refractivity contribution in [3.8, 4) is 23.0 Å². The van der Waals surface area contributed by atoms with Crippen molar-refractivity contribution in [2.45, 2.75) is 0 Å². The molecule has 1 aliphatic rings. The van der Waals surface area contributed by atoms with Crippen molar-refractivity contribution in [3.63, 3.8) is 0 Å². The third-order valence-corrected chi connectivity index (χ3v) is 4.13. The second-order valence-corrected chi connectivity index (χ2v) is 5.68. The van der Waals surface area contributed by atoms with Crippen LogP contribution >= 0.6 is 0 Å². The highest BCUT2D eigenvalue weighted by Crippen LogP contribution is 2.36. The lowest BCUT2D eigenvalue weighted by molar-refractivity contribution is -0.130. The first kappa shape index (κ1) is 18.4. The van der Waals surface area contributed by atoms with Gasteiger partial charge in [-0.3, -0.25) is 0 Å². The molecule has 1 heterocycles. The standard InChI is InChI=1S/C21H20O6/c1-23-15-6-7-16(18(12-15)25-3)19-11-14(21(22)27-19)9-13-5-8-17(24-2)20(10-13)26-4/h5-12H,1-4H3. The Morgan fingerprint density at radius 1 is 0.815 bits per heavy atom. The van der Waals surface area contributed by atoms with Gasteiger partial charge >= 0.3 is 5.97 Å². The lowest BCUT2D eigenvalue weighted by Crippen LogP contribution is -1.99. The molecule has 0 bridgehead atoms. The molecule has 0 aromatic heterocycles. The summed E-state index contributed by atoms with van der Waals surface area (Å²) in [7, 11) is 6.26. The molecule has 0 aliphatic carbocycles. The molecular weight excluding hydrogens is 348 g/mol. The SMILES string of the molecule is COc1ccc(C2=CC(=Cc3ccc(OC)c(OC)c3)C(=O)O2)c(OC)c1. The monoisotopic (exact) mass is 368 g/mol. The number of methoxy groups -OCH3 is 4. The van der Waals surface area contributed by atoms with E-state index in [0.29, 0.717) is 39.9 Å². The molecule has 0 unspecified atom stereocenters. The summed E-state index contributed by atoms with van der Waals surface area (Å²) in [5.74, 6) is 2.40. The Hall–Kier alpha value is -3.41. The van der Waals surface area contributed by atoms with E-state index in [0.717, 1.165) is 5.56 Å². The maximum atomic E-state index is 12.3. The average molecular weight is 368 g/mol. The number of rotatable bonds is 6. The Labute approximate surface area is 157 Å². The first-order chi connectivity index (χ1) is 13.1. The van der Waals surface area contributed by atoms with Gasteiger partial charge < -0.3 is 23.7 Å². The van der Waals surface area contributed by atoms with Crippen LogP contribution in [0.25, 0.3) is 11.8 Å². The first-order valence-corrected chi connectivity index (χ1v) is 8.19. The zero-order chi connectivity index (χ0) is 19.4. The van der Waals surface area contributed by atoms with Crippen molar-refractivity contribution in [1.29, 1.82) is 0 Å². The van der Waals surface area contributed by atoms with Gasteiger partial charge in [-0.1, -0.05) is 6.07 Å². The van der Waals surface area contributed by atoms with E-state index >= 15 is 0 Å². The van der Waals surface area contributed by atoms with Crippen LogP contribution < -0.4 is 18.9 Å². The predicted molar refractivity (Wildman–Crippen MR) is 101 cm³/mol. The van der Waals surface area contributed by atoms with Crippen molar-refractivity contribution in [2.24, 2.45) is 0 Å². The third kappa shape index (κ3) is 3.74. The van der Waals surface area contributed by atoms with Gasteiger partial charge in [0.1, 0.15) is 17.3 Å². The molecule has 0 N–H and O–H groups in total. The Bertz CT molecular complexity index is 926. The van der Waals surface area contributed by atoms with Gasteiger partial charge in [-0.15, -0.1) is 0 Å². The minimum Gasteiger partial charge on any atom is -0.497 e. The maximum Gasteiger partial charge on any atom is 0.343 e. The molecule has 1 aliphatic heterocycles. The fourth-order valence-electron chi connectivity index (χ4n) is 2.75. The molecule has 6 nitrogen and oxygen atoms in total. The molecule has 3 rings (SSSR count). The van der Waals surface area contributed by atoms with E-state index < -0.39 is 5.97 Å². The van der Waals surface area contributed by atoms with Crippen LogP contribution in [0.4, 0.5) is 0 Å². The van der Waals surface area contributed by atoms with E-state index in [4.69, 9.17) is 23.7 Å². The summed E-state index contributed by atoms with van der Waals surface area (Å²) in [6.45, 7) is 0. The second kappa shape index (κ2) is 7.86. The topological polar surface area (TPSA) is 63.2 Å². The van der Waals surface area contributed by atoms with E-state index in [1.54, 1.807) is 70.9 Å². The average Bonchev–Trinajstić information content (AvgIpc) is 3.07. The molecule has 0 radical (unpaired) electrons. The Balaban J connectivity index is 1.96. The van der Waals surface area contributed by atoms with Gasteiger partial charge in [0.25, 0.3) is 0 Å². The number of cyclic esters (lactones) is 1. The van der Waals surface area contributed by atoms with Gasteiger partial charge in [0.05, 0.1) is 39.6 Å². The second-order valence-electron chi connectivity index (χ2n) is 5.68. The summed E-state index contributed by atoms with van der Waals surface area (Å²) in [6.07, 6.45) is 3.41. The zero-order valence-corrected chi connectivity index (χ0v) is 15.6.